The Balaban J connectivity index is 1.38. The molecular formula is C17H28N4. The van der Waals surface area contributed by atoms with E-state index in [0.717, 1.165) is 24.2 Å². The highest BCUT2D eigenvalue weighted by Gasteiger charge is 2.47. The van der Waals surface area contributed by atoms with Crippen molar-refractivity contribution in [1.29, 1.82) is 0 Å². The highest BCUT2D eigenvalue weighted by molar-refractivity contribution is 5.06. The zero-order valence-electron chi connectivity index (χ0n) is 12.9. The first-order chi connectivity index (χ1) is 10.3. The van der Waals surface area contributed by atoms with Crippen LogP contribution in [0.5, 0.6) is 0 Å². The van der Waals surface area contributed by atoms with Crippen LogP contribution in [-0.4, -0.2) is 15.8 Å². The van der Waals surface area contributed by atoms with E-state index in [1.807, 2.05) is 0 Å². The van der Waals surface area contributed by atoms with Crippen molar-refractivity contribution < 1.29 is 0 Å². The summed E-state index contributed by atoms with van der Waals surface area (Å²) in [4.78, 5) is 0. The average molecular weight is 288 g/mol. The molecule has 3 fully saturated rings. The Labute approximate surface area is 127 Å². The predicted octanol–water partition coefficient (Wildman–Crippen LogP) is 2.81. The highest BCUT2D eigenvalue weighted by Crippen LogP contribution is 2.55. The summed E-state index contributed by atoms with van der Waals surface area (Å²) in [6.07, 6.45) is 14.1. The van der Waals surface area contributed by atoms with Crippen molar-refractivity contribution in [3.63, 3.8) is 0 Å². The summed E-state index contributed by atoms with van der Waals surface area (Å²) in [5.41, 5.74) is 4.29. The second-order valence-electron chi connectivity index (χ2n) is 7.54. The minimum Gasteiger partial charge on any atom is -0.271 e. The lowest BCUT2D eigenvalue weighted by molar-refractivity contribution is 0.318. The summed E-state index contributed by atoms with van der Waals surface area (Å²) in [6.45, 7) is 0. The van der Waals surface area contributed by atoms with Gasteiger partial charge < -0.3 is 0 Å². The van der Waals surface area contributed by atoms with Gasteiger partial charge in [0.2, 0.25) is 0 Å². The fourth-order valence-electron chi connectivity index (χ4n) is 4.71. The van der Waals surface area contributed by atoms with E-state index in [1.165, 1.54) is 57.1 Å². The maximum absolute atomic E-state index is 5.83. The van der Waals surface area contributed by atoms with Crippen molar-refractivity contribution >= 4 is 0 Å². The molecule has 3 unspecified atom stereocenters. The number of hydrogen-bond donors (Lipinski definition) is 2. The van der Waals surface area contributed by atoms with Crippen molar-refractivity contribution in [3.05, 3.63) is 18.0 Å². The molecule has 116 valence electrons. The van der Waals surface area contributed by atoms with E-state index < -0.39 is 0 Å². The third kappa shape index (κ3) is 2.88. The highest BCUT2D eigenvalue weighted by atomic mass is 15.3. The first-order valence-electron chi connectivity index (χ1n) is 8.83. The van der Waals surface area contributed by atoms with Gasteiger partial charge in [0.15, 0.2) is 0 Å². The van der Waals surface area contributed by atoms with Gasteiger partial charge in [-0.2, -0.15) is 5.10 Å². The van der Waals surface area contributed by atoms with Gasteiger partial charge in [-0.3, -0.25) is 16.0 Å². The number of aromatic nitrogens is 2. The standard InChI is InChI=1S/C17H28N4/c18-19-17(14-9-12-8-13(12)10-14)11-15-6-7-21(20-15)16-4-2-1-3-5-16/h6-7,12-14,16-17,19H,1-5,8-11,18H2. The molecule has 0 bridgehead atoms. The van der Waals surface area contributed by atoms with Crippen LogP contribution < -0.4 is 11.3 Å². The van der Waals surface area contributed by atoms with Gasteiger partial charge in [-0.1, -0.05) is 19.3 Å². The van der Waals surface area contributed by atoms with E-state index >= 15 is 0 Å². The van der Waals surface area contributed by atoms with E-state index in [-0.39, 0.29) is 0 Å². The van der Waals surface area contributed by atoms with Crippen LogP contribution >= 0.6 is 0 Å². The van der Waals surface area contributed by atoms with Crippen molar-refractivity contribution in [2.45, 2.75) is 69.9 Å². The van der Waals surface area contributed by atoms with Crippen molar-refractivity contribution in [2.24, 2.45) is 23.6 Å². The Morgan fingerprint density at radius 3 is 2.67 bits per heavy atom. The zero-order valence-corrected chi connectivity index (χ0v) is 12.9. The minimum atomic E-state index is 0.410. The number of nitrogens with two attached hydrogens (primary N) is 1. The Kier molecular flexibility index (Phi) is 3.76. The average Bonchev–Trinajstić information content (AvgIpc) is 2.94. The monoisotopic (exact) mass is 288 g/mol. The Morgan fingerprint density at radius 1 is 1.19 bits per heavy atom. The SMILES string of the molecule is NNC(Cc1ccn(C2CCCCC2)n1)C1CC2CC2C1. The number of hydrogen-bond acceptors (Lipinski definition) is 3. The summed E-state index contributed by atoms with van der Waals surface area (Å²) < 4.78 is 2.22. The molecule has 0 radical (unpaired) electrons. The van der Waals surface area contributed by atoms with Crippen LogP contribution in [0.2, 0.25) is 0 Å². The summed E-state index contributed by atoms with van der Waals surface area (Å²) in [5.74, 6) is 8.63. The van der Waals surface area contributed by atoms with Crippen LogP contribution in [0.15, 0.2) is 12.3 Å². The number of nitrogens with one attached hydrogen (secondary N) is 1. The molecule has 3 atom stereocenters. The molecule has 21 heavy (non-hydrogen) atoms. The molecule has 4 heteroatoms. The van der Waals surface area contributed by atoms with Crippen LogP contribution in [0.3, 0.4) is 0 Å². The van der Waals surface area contributed by atoms with Crippen LogP contribution in [0.4, 0.5) is 0 Å². The molecule has 3 N–H and O–H groups in total. The molecule has 1 aromatic rings. The van der Waals surface area contributed by atoms with E-state index in [1.54, 1.807) is 0 Å². The molecule has 4 rings (SSSR count). The lowest BCUT2D eigenvalue weighted by atomic mass is 9.92. The van der Waals surface area contributed by atoms with Crippen LogP contribution in [0.25, 0.3) is 0 Å². The normalized spacial score (nSPS) is 33.9. The topological polar surface area (TPSA) is 55.9 Å². The van der Waals surface area contributed by atoms with Crippen LogP contribution in [0.1, 0.15) is 63.1 Å². The van der Waals surface area contributed by atoms with Crippen LogP contribution in [0, 0.1) is 17.8 Å². The molecular weight excluding hydrogens is 260 g/mol. The van der Waals surface area contributed by atoms with Crippen molar-refractivity contribution in [2.75, 3.05) is 0 Å². The van der Waals surface area contributed by atoms with Crippen molar-refractivity contribution in [1.82, 2.24) is 15.2 Å². The second-order valence-corrected chi connectivity index (χ2v) is 7.54. The number of nitrogens with zero attached hydrogens (tertiary/aromatic N) is 2. The largest absolute Gasteiger partial charge is 0.271 e. The number of rotatable bonds is 5. The fourth-order valence-corrected chi connectivity index (χ4v) is 4.71. The Morgan fingerprint density at radius 2 is 1.95 bits per heavy atom. The van der Waals surface area contributed by atoms with Gasteiger partial charge in [-0.05, 0) is 55.9 Å². The molecule has 0 saturated heterocycles. The zero-order chi connectivity index (χ0) is 14.2. The Hall–Kier alpha value is -0.870. The molecule has 1 aromatic heterocycles. The third-order valence-corrected chi connectivity index (χ3v) is 6.10. The molecule has 3 aliphatic rings. The number of hydrazine groups is 1. The van der Waals surface area contributed by atoms with Gasteiger partial charge in [0.05, 0.1) is 11.7 Å². The molecule has 0 amide bonds. The maximum atomic E-state index is 5.83. The van der Waals surface area contributed by atoms with Gasteiger partial charge in [0.1, 0.15) is 0 Å². The number of fused-ring (bicyclic) bond motifs is 1. The summed E-state index contributed by atoms with van der Waals surface area (Å²) in [6, 6.07) is 3.25. The first-order valence-corrected chi connectivity index (χ1v) is 8.83. The van der Waals surface area contributed by atoms with Gasteiger partial charge >= 0.3 is 0 Å². The quantitative estimate of drug-likeness (QED) is 0.647. The first kappa shape index (κ1) is 13.8. The van der Waals surface area contributed by atoms with E-state index in [2.05, 4.69) is 22.4 Å². The molecule has 0 aliphatic heterocycles. The Bertz CT molecular complexity index is 467. The summed E-state index contributed by atoms with van der Waals surface area (Å²) >= 11 is 0. The van der Waals surface area contributed by atoms with Gasteiger partial charge in [0, 0.05) is 18.7 Å². The molecule has 4 nitrogen and oxygen atoms in total. The summed E-state index contributed by atoms with van der Waals surface area (Å²) in [5, 5.41) is 4.84. The lowest BCUT2D eigenvalue weighted by Crippen LogP contribution is -2.42. The van der Waals surface area contributed by atoms with Gasteiger partial charge in [0.25, 0.3) is 0 Å². The lowest BCUT2D eigenvalue weighted by Gasteiger charge is -2.24. The smallest absolute Gasteiger partial charge is 0.0640 e. The van der Waals surface area contributed by atoms with Crippen LogP contribution in [-0.2, 0) is 6.42 Å². The third-order valence-electron chi connectivity index (χ3n) is 6.10. The van der Waals surface area contributed by atoms with E-state index in [4.69, 9.17) is 10.9 Å². The fraction of sp³-hybridized carbons (Fsp3) is 0.824. The van der Waals surface area contributed by atoms with Gasteiger partial charge in [-0.15, -0.1) is 0 Å². The van der Waals surface area contributed by atoms with E-state index in [9.17, 15) is 0 Å². The summed E-state index contributed by atoms with van der Waals surface area (Å²) in [7, 11) is 0. The molecule has 0 aromatic carbocycles. The minimum absolute atomic E-state index is 0.410. The molecule has 1 heterocycles. The molecule has 3 aliphatic carbocycles. The van der Waals surface area contributed by atoms with Gasteiger partial charge in [-0.25, -0.2) is 0 Å². The predicted molar refractivity (Wildman–Crippen MR) is 83.5 cm³/mol. The maximum Gasteiger partial charge on any atom is 0.0640 e. The second kappa shape index (κ2) is 5.73. The van der Waals surface area contributed by atoms with Crippen molar-refractivity contribution in [3.8, 4) is 0 Å². The molecule has 3 saturated carbocycles. The van der Waals surface area contributed by atoms with E-state index in [0.29, 0.717) is 12.1 Å². The molecule has 0 spiro atoms.